The molecule has 0 radical (unpaired) electrons. The summed E-state index contributed by atoms with van der Waals surface area (Å²) in [6, 6.07) is 5.44. The van der Waals surface area contributed by atoms with Gasteiger partial charge in [-0.25, -0.2) is 9.67 Å². The molecule has 2 heterocycles. The Bertz CT molecular complexity index is 1050. The maximum Gasteiger partial charge on any atom is 0.264 e. The fourth-order valence-corrected chi connectivity index (χ4v) is 2.83. The van der Waals surface area contributed by atoms with Crippen LogP contribution in [0.3, 0.4) is 0 Å². The number of aryl methyl sites for hydroxylation is 1. The molecule has 3 aromatic rings. The van der Waals surface area contributed by atoms with Crippen molar-refractivity contribution in [2.24, 2.45) is 0 Å². The lowest BCUT2D eigenvalue weighted by atomic mass is 10.1. The number of amides is 1. The Kier molecular flexibility index (Phi) is 4.58. The van der Waals surface area contributed by atoms with Crippen molar-refractivity contribution < 1.29 is 4.79 Å². The van der Waals surface area contributed by atoms with Gasteiger partial charge >= 0.3 is 0 Å². The van der Waals surface area contributed by atoms with Crippen LogP contribution in [0.4, 0.5) is 0 Å². The number of carbonyl (C=O) groups excluding carboxylic acids is 1. The molecule has 2 aromatic heterocycles. The van der Waals surface area contributed by atoms with Crippen LogP contribution < -0.4 is 10.9 Å². The Morgan fingerprint density at radius 3 is 2.73 bits per heavy atom. The van der Waals surface area contributed by atoms with Gasteiger partial charge in [-0.15, -0.1) is 0 Å². The van der Waals surface area contributed by atoms with E-state index < -0.39 is 0 Å². The van der Waals surface area contributed by atoms with E-state index in [1.807, 2.05) is 33.8 Å². The topological polar surface area (TPSA) is 81.8 Å². The fraction of sp³-hybridized carbons (Fsp3) is 0.333. The Hall–Kier alpha value is -2.67. The zero-order chi connectivity index (χ0) is 19.1. The zero-order valence-corrected chi connectivity index (χ0v) is 15.8. The summed E-state index contributed by atoms with van der Waals surface area (Å²) in [7, 11) is 0. The molecule has 1 amide bonds. The summed E-state index contributed by atoms with van der Waals surface area (Å²) in [6.07, 6.45) is 2.83. The highest BCUT2D eigenvalue weighted by Crippen LogP contribution is 2.21. The van der Waals surface area contributed by atoms with Crippen LogP contribution in [-0.4, -0.2) is 30.8 Å². The third kappa shape index (κ3) is 3.62. The molecular weight excluding hydrogens is 354 g/mol. The number of rotatable bonds is 3. The molecule has 1 N–H and O–H groups in total. The van der Waals surface area contributed by atoms with Crippen LogP contribution in [0.25, 0.3) is 16.7 Å². The average molecular weight is 374 g/mol. The Morgan fingerprint density at radius 1 is 1.31 bits per heavy atom. The smallest absolute Gasteiger partial charge is 0.264 e. The van der Waals surface area contributed by atoms with Crippen molar-refractivity contribution >= 4 is 28.5 Å². The van der Waals surface area contributed by atoms with Gasteiger partial charge in [0, 0.05) is 10.6 Å². The molecule has 0 spiro atoms. The van der Waals surface area contributed by atoms with Gasteiger partial charge in [-0.1, -0.05) is 17.7 Å². The van der Waals surface area contributed by atoms with Crippen molar-refractivity contribution in [2.45, 2.75) is 39.8 Å². The number of aromatic nitrogens is 4. The minimum absolute atomic E-state index is 0.0968. The SMILES string of the molecule is Cc1ccc(Cl)cc1-n1ncc2c(=O)n(CC(=O)NC(C)(C)C)cnc21. The van der Waals surface area contributed by atoms with Gasteiger partial charge in [0.25, 0.3) is 5.56 Å². The van der Waals surface area contributed by atoms with Gasteiger partial charge < -0.3 is 5.32 Å². The predicted molar refractivity (Wildman–Crippen MR) is 101 cm³/mol. The number of benzene rings is 1. The second kappa shape index (κ2) is 6.57. The van der Waals surface area contributed by atoms with Crippen LogP contribution in [0.5, 0.6) is 0 Å². The maximum atomic E-state index is 12.7. The van der Waals surface area contributed by atoms with E-state index in [1.165, 1.54) is 17.1 Å². The molecule has 0 saturated heterocycles. The molecule has 0 saturated carbocycles. The minimum atomic E-state index is -0.368. The van der Waals surface area contributed by atoms with Gasteiger partial charge in [0.1, 0.15) is 18.3 Å². The van der Waals surface area contributed by atoms with Gasteiger partial charge in [-0.05, 0) is 45.4 Å². The Balaban J connectivity index is 2.01. The second-order valence-electron chi connectivity index (χ2n) is 7.20. The fourth-order valence-electron chi connectivity index (χ4n) is 2.66. The molecular formula is C18H20ClN5O2. The highest BCUT2D eigenvalue weighted by molar-refractivity contribution is 6.30. The minimum Gasteiger partial charge on any atom is -0.350 e. The number of hydrogen-bond acceptors (Lipinski definition) is 4. The number of fused-ring (bicyclic) bond motifs is 1. The van der Waals surface area contributed by atoms with Crippen LogP contribution in [0.15, 0.2) is 35.5 Å². The molecule has 0 fully saturated rings. The molecule has 0 aliphatic heterocycles. The lowest BCUT2D eigenvalue weighted by Gasteiger charge is -2.20. The number of nitrogens with one attached hydrogen (secondary N) is 1. The first kappa shape index (κ1) is 18.1. The van der Waals surface area contributed by atoms with Crippen LogP contribution in [0.1, 0.15) is 26.3 Å². The maximum absolute atomic E-state index is 12.7. The van der Waals surface area contributed by atoms with Gasteiger partial charge in [-0.3, -0.25) is 14.2 Å². The van der Waals surface area contributed by atoms with Crippen molar-refractivity contribution in [3.8, 4) is 5.69 Å². The summed E-state index contributed by atoms with van der Waals surface area (Å²) < 4.78 is 2.86. The summed E-state index contributed by atoms with van der Waals surface area (Å²) in [6.45, 7) is 7.48. The highest BCUT2D eigenvalue weighted by Gasteiger charge is 2.17. The number of nitrogens with zero attached hydrogens (tertiary/aromatic N) is 4. The summed E-state index contributed by atoms with van der Waals surface area (Å²) >= 11 is 6.08. The molecule has 1 aromatic carbocycles. The van der Waals surface area contributed by atoms with E-state index in [-0.39, 0.29) is 23.6 Å². The van der Waals surface area contributed by atoms with Crippen molar-refractivity contribution in [3.63, 3.8) is 0 Å². The van der Waals surface area contributed by atoms with Crippen LogP contribution >= 0.6 is 11.6 Å². The molecule has 7 nitrogen and oxygen atoms in total. The molecule has 3 rings (SSSR count). The van der Waals surface area contributed by atoms with Gasteiger partial charge in [0.05, 0.1) is 11.9 Å². The second-order valence-corrected chi connectivity index (χ2v) is 7.64. The summed E-state index contributed by atoms with van der Waals surface area (Å²) in [5, 5.41) is 8.03. The number of hydrogen-bond donors (Lipinski definition) is 1. The standard InChI is InChI=1S/C18H20ClN5O2/c1-11-5-6-12(19)7-14(11)24-16-13(8-21-24)17(26)23(10-20-16)9-15(25)22-18(2,3)4/h5-8,10H,9H2,1-4H3,(H,22,25). The average Bonchev–Trinajstić information content (AvgIpc) is 2.95. The van der Waals surface area contributed by atoms with E-state index in [0.717, 1.165) is 11.3 Å². The molecule has 0 aliphatic rings. The molecule has 136 valence electrons. The third-order valence-electron chi connectivity index (χ3n) is 3.78. The normalized spacial score (nSPS) is 11.7. The summed E-state index contributed by atoms with van der Waals surface area (Å²) in [5.74, 6) is -0.251. The Labute approximate surface area is 155 Å². The predicted octanol–water partition coefficient (Wildman–Crippen LogP) is 2.46. The van der Waals surface area contributed by atoms with Crippen molar-refractivity contribution in [1.82, 2.24) is 24.6 Å². The lowest BCUT2D eigenvalue weighted by Crippen LogP contribution is -2.43. The molecule has 8 heteroatoms. The molecule has 26 heavy (non-hydrogen) atoms. The first-order chi connectivity index (χ1) is 12.2. The third-order valence-corrected chi connectivity index (χ3v) is 4.02. The summed E-state index contributed by atoms with van der Waals surface area (Å²) in [4.78, 5) is 29.1. The quantitative estimate of drug-likeness (QED) is 0.764. The number of carbonyl (C=O) groups is 1. The highest BCUT2D eigenvalue weighted by atomic mass is 35.5. The first-order valence-electron chi connectivity index (χ1n) is 8.16. The number of halogens is 1. The monoisotopic (exact) mass is 373 g/mol. The molecule has 0 unspecified atom stereocenters. The van der Waals surface area contributed by atoms with Crippen molar-refractivity contribution in [1.29, 1.82) is 0 Å². The van der Waals surface area contributed by atoms with Gasteiger partial charge in [-0.2, -0.15) is 5.10 Å². The van der Waals surface area contributed by atoms with Gasteiger partial charge in [0.15, 0.2) is 5.65 Å². The Morgan fingerprint density at radius 2 is 2.04 bits per heavy atom. The van der Waals surface area contributed by atoms with E-state index in [9.17, 15) is 9.59 Å². The van der Waals surface area contributed by atoms with Crippen LogP contribution in [0.2, 0.25) is 5.02 Å². The molecule has 0 bridgehead atoms. The van der Waals surface area contributed by atoms with Crippen molar-refractivity contribution in [3.05, 3.63) is 51.7 Å². The van der Waals surface area contributed by atoms with Crippen LogP contribution in [0, 0.1) is 6.92 Å². The van der Waals surface area contributed by atoms with E-state index in [2.05, 4.69) is 15.4 Å². The molecule has 0 atom stereocenters. The van der Waals surface area contributed by atoms with Gasteiger partial charge in [0.2, 0.25) is 5.91 Å². The van der Waals surface area contributed by atoms with E-state index in [0.29, 0.717) is 16.1 Å². The first-order valence-corrected chi connectivity index (χ1v) is 8.54. The lowest BCUT2D eigenvalue weighted by molar-refractivity contribution is -0.123. The van der Waals surface area contributed by atoms with Crippen molar-refractivity contribution in [2.75, 3.05) is 0 Å². The van der Waals surface area contributed by atoms with E-state index in [4.69, 9.17) is 11.6 Å². The van der Waals surface area contributed by atoms with E-state index in [1.54, 1.807) is 16.8 Å². The zero-order valence-electron chi connectivity index (χ0n) is 15.1. The largest absolute Gasteiger partial charge is 0.350 e. The van der Waals surface area contributed by atoms with E-state index >= 15 is 0 Å². The van der Waals surface area contributed by atoms with Crippen LogP contribution in [-0.2, 0) is 11.3 Å². The molecule has 0 aliphatic carbocycles. The summed E-state index contributed by atoms with van der Waals surface area (Å²) in [5.41, 5.74) is 1.45.